The van der Waals surface area contributed by atoms with Crippen LogP contribution in [0.25, 0.3) is 27.9 Å². The van der Waals surface area contributed by atoms with E-state index in [1.165, 1.54) is 0 Å². The highest BCUT2D eigenvalue weighted by atomic mass is 16.5. The molecule has 0 fully saturated rings. The number of anilines is 1. The van der Waals surface area contributed by atoms with Gasteiger partial charge in [0, 0.05) is 23.0 Å². The van der Waals surface area contributed by atoms with Crippen LogP contribution in [0.1, 0.15) is 5.56 Å². The van der Waals surface area contributed by atoms with Gasteiger partial charge in [-0.15, -0.1) is 0 Å². The Morgan fingerprint density at radius 2 is 1.93 bits per heavy atom. The highest BCUT2D eigenvalue weighted by molar-refractivity contribution is 6.01. The summed E-state index contributed by atoms with van der Waals surface area (Å²) in [6, 6.07) is 18.4. The first-order valence-corrected chi connectivity index (χ1v) is 8.65. The molecule has 0 radical (unpaired) electrons. The summed E-state index contributed by atoms with van der Waals surface area (Å²) in [5.41, 5.74) is 6.62. The van der Waals surface area contributed by atoms with Crippen molar-refractivity contribution >= 4 is 17.1 Å². The first-order valence-electron chi connectivity index (χ1n) is 8.65. The minimum Gasteiger partial charge on any atom is -0.467 e. The SMILES string of the molecule is COc1nccc2c(-c3ccc4c(c3)CC(=O)N4)c(-c3ccccc3)nn12. The molecule has 5 rings (SSSR count). The first-order chi connectivity index (χ1) is 13.2. The number of hydrogen-bond donors (Lipinski definition) is 1. The van der Waals surface area contributed by atoms with Gasteiger partial charge >= 0.3 is 6.01 Å². The fraction of sp³-hybridized carbons (Fsp3) is 0.0952. The van der Waals surface area contributed by atoms with Crippen LogP contribution in [0, 0.1) is 0 Å². The summed E-state index contributed by atoms with van der Waals surface area (Å²) in [5, 5.41) is 7.67. The molecule has 0 saturated heterocycles. The summed E-state index contributed by atoms with van der Waals surface area (Å²) in [7, 11) is 1.58. The Morgan fingerprint density at radius 3 is 2.74 bits per heavy atom. The van der Waals surface area contributed by atoms with Gasteiger partial charge in [0.1, 0.15) is 5.69 Å². The van der Waals surface area contributed by atoms with Gasteiger partial charge in [0.2, 0.25) is 5.91 Å². The Kier molecular flexibility index (Phi) is 3.43. The third-order valence-electron chi connectivity index (χ3n) is 4.77. The summed E-state index contributed by atoms with van der Waals surface area (Å²) in [6.07, 6.45) is 2.11. The molecule has 0 aliphatic carbocycles. The van der Waals surface area contributed by atoms with Crippen LogP contribution >= 0.6 is 0 Å². The molecule has 132 valence electrons. The quantitative estimate of drug-likeness (QED) is 0.609. The van der Waals surface area contributed by atoms with Crippen molar-refractivity contribution in [2.24, 2.45) is 0 Å². The zero-order valence-electron chi connectivity index (χ0n) is 14.6. The molecule has 6 nitrogen and oxygen atoms in total. The number of methoxy groups -OCH3 is 1. The zero-order chi connectivity index (χ0) is 18.4. The predicted octanol–water partition coefficient (Wildman–Crippen LogP) is 3.57. The molecule has 4 aromatic rings. The van der Waals surface area contributed by atoms with Crippen LogP contribution < -0.4 is 10.1 Å². The molecular weight excluding hydrogens is 340 g/mol. The van der Waals surface area contributed by atoms with E-state index in [2.05, 4.69) is 16.4 Å². The molecule has 0 unspecified atom stereocenters. The van der Waals surface area contributed by atoms with Crippen LogP contribution in [0.3, 0.4) is 0 Å². The van der Waals surface area contributed by atoms with Gasteiger partial charge in [-0.3, -0.25) is 4.79 Å². The first kappa shape index (κ1) is 15.6. The number of carbonyl (C=O) groups excluding carboxylic acids is 1. The van der Waals surface area contributed by atoms with Crippen LogP contribution in [0.2, 0.25) is 0 Å². The van der Waals surface area contributed by atoms with Gasteiger partial charge in [-0.25, -0.2) is 4.98 Å². The molecule has 1 aliphatic rings. The van der Waals surface area contributed by atoms with E-state index in [0.717, 1.165) is 39.2 Å². The van der Waals surface area contributed by atoms with Crippen molar-refractivity contribution in [3.8, 4) is 28.4 Å². The van der Waals surface area contributed by atoms with Gasteiger partial charge in [0.25, 0.3) is 0 Å². The van der Waals surface area contributed by atoms with Gasteiger partial charge in [-0.05, 0) is 29.3 Å². The maximum absolute atomic E-state index is 11.7. The van der Waals surface area contributed by atoms with Crippen molar-refractivity contribution in [2.75, 3.05) is 12.4 Å². The average molecular weight is 356 g/mol. The number of carbonyl (C=O) groups is 1. The summed E-state index contributed by atoms with van der Waals surface area (Å²) < 4.78 is 7.11. The second kappa shape index (κ2) is 5.95. The number of amides is 1. The topological polar surface area (TPSA) is 68.5 Å². The third kappa shape index (κ3) is 2.45. The molecule has 0 atom stereocenters. The molecule has 1 N–H and O–H groups in total. The maximum Gasteiger partial charge on any atom is 0.317 e. The highest BCUT2D eigenvalue weighted by Crippen LogP contribution is 2.38. The van der Waals surface area contributed by atoms with Crippen molar-refractivity contribution in [1.82, 2.24) is 14.6 Å². The maximum atomic E-state index is 11.7. The number of hydrogen-bond acceptors (Lipinski definition) is 4. The van der Waals surface area contributed by atoms with Crippen molar-refractivity contribution in [1.29, 1.82) is 0 Å². The van der Waals surface area contributed by atoms with Crippen LogP contribution in [0.5, 0.6) is 6.01 Å². The normalized spacial score (nSPS) is 12.9. The number of nitrogens with one attached hydrogen (secondary N) is 1. The lowest BCUT2D eigenvalue weighted by atomic mass is 9.97. The molecule has 2 aromatic heterocycles. The molecule has 1 aliphatic heterocycles. The lowest BCUT2D eigenvalue weighted by Gasteiger charge is -2.06. The minimum absolute atomic E-state index is 0.0242. The van der Waals surface area contributed by atoms with Crippen molar-refractivity contribution in [2.45, 2.75) is 6.42 Å². The average Bonchev–Trinajstić information content (AvgIpc) is 3.27. The van der Waals surface area contributed by atoms with E-state index >= 15 is 0 Å². The van der Waals surface area contributed by atoms with E-state index in [0.29, 0.717) is 12.4 Å². The summed E-state index contributed by atoms with van der Waals surface area (Å²) in [4.78, 5) is 16.0. The Balaban J connectivity index is 1.80. The number of ether oxygens (including phenoxy) is 1. The van der Waals surface area contributed by atoms with E-state index in [-0.39, 0.29) is 5.91 Å². The van der Waals surface area contributed by atoms with E-state index < -0.39 is 0 Å². The molecule has 0 bridgehead atoms. The van der Waals surface area contributed by atoms with Crippen LogP contribution in [0.15, 0.2) is 60.8 Å². The second-order valence-corrected chi connectivity index (χ2v) is 6.42. The number of benzene rings is 2. The molecule has 0 saturated carbocycles. The number of nitrogens with zero attached hydrogens (tertiary/aromatic N) is 3. The molecular formula is C21H16N4O2. The smallest absolute Gasteiger partial charge is 0.317 e. The number of rotatable bonds is 3. The summed E-state index contributed by atoms with van der Waals surface area (Å²) >= 11 is 0. The fourth-order valence-electron chi connectivity index (χ4n) is 3.56. The largest absolute Gasteiger partial charge is 0.467 e. The highest BCUT2D eigenvalue weighted by Gasteiger charge is 2.22. The van der Waals surface area contributed by atoms with Gasteiger partial charge in [-0.1, -0.05) is 36.4 Å². The number of fused-ring (bicyclic) bond motifs is 2. The Labute approximate surface area is 155 Å². The zero-order valence-corrected chi connectivity index (χ0v) is 14.6. The molecule has 3 heterocycles. The monoisotopic (exact) mass is 356 g/mol. The van der Waals surface area contributed by atoms with E-state index in [1.807, 2.05) is 48.5 Å². The van der Waals surface area contributed by atoms with Crippen molar-refractivity contribution in [3.05, 3.63) is 66.4 Å². The Bertz CT molecular complexity index is 1180. The lowest BCUT2D eigenvalue weighted by molar-refractivity contribution is -0.115. The summed E-state index contributed by atoms with van der Waals surface area (Å²) in [5.74, 6) is 0.0242. The fourth-order valence-corrected chi connectivity index (χ4v) is 3.56. The van der Waals surface area contributed by atoms with E-state index in [9.17, 15) is 4.79 Å². The second-order valence-electron chi connectivity index (χ2n) is 6.42. The van der Waals surface area contributed by atoms with Gasteiger partial charge < -0.3 is 10.1 Å². The van der Waals surface area contributed by atoms with Crippen LogP contribution in [0.4, 0.5) is 5.69 Å². The van der Waals surface area contributed by atoms with Gasteiger partial charge in [0.15, 0.2) is 0 Å². The van der Waals surface area contributed by atoms with Crippen molar-refractivity contribution in [3.63, 3.8) is 0 Å². The van der Waals surface area contributed by atoms with E-state index in [4.69, 9.17) is 9.84 Å². The van der Waals surface area contributed by atoms with Crippen LogP contribution in [-0.2, 0) is 11.2 Å². The third-order valence-corrected chi connectivity index (χ3v) is 4.77. The lowest BCUT2D eigenvalue weighted by Crippen LogP contribution is -2.03. The van der Waals surface area contributed by atoms with Gasteiger partial charge in [-0.2, -0.15) is 9.61 Å². The number of aromatic nitrogens is 3. The molecule has 1 amide bonds. The van der Waals surface area contributed by atoms with Crippen molar-refractivity contribution < 1.29 is 9.53 Å². The molecule has 0 spiro atoms. The standard InChI is InChI=1S/C21H16N4O2/c1-27-21-22-10-9-17-19(14-7-8-16-15(11-14)12-18(26)23-16)20(24-25(17)21)13-5-3-2-4-6-13/h2-11H,12H2,1H3,(H,23,26). The predicted molar refractivity (Wildman–Crippen MR) is 103 cm³/mol. The molecule has 27 heavy (non-hydrogen) atoms. The van der Waals surface area contributed by atoms with Gasteiger partial charge in [0.05, 0.1) is 19.0 Å². The summed E-state index contributed by atoms with van der Waals surface area (Å²) in [6.45, 7) is 0. The Morgan fingerprint density at radius 1 is 1.07 bits per heavy atom. The van der Waals surface area contributed by atoms with E-state index in [1.54, 1.807) is 17.8 Å². The molecule has 2 aromatic carbocycles. The molecule has 6 heteroatoms. The van der Waals surface area contributed by atoms with Crippen LogP contribution in [-0.4, -0.2) is 27.6 Å². The minimum atomic E-state index is 0.0242. The Hall–Kier alpha value is -3.67.